The molecule has 0 aliphatic heterocycles. The molecule has 0 atom stereocenters. The molecule has 5 nitrogen and oxygen atoms in total. The van der Waals surface area contributed by atoms with Crippen LogP contribution in [0.2, 0.25) is 0 Å². The third-order valence-corrected chi connectivity index (χ3v) is 5.88. The fourth-order valence-electron chi connectivity index (χ4n) is 3.25. The number of rotatable bonds is 7. The predicted molar refractivity (Wildman–Crippen MR) is 121 cm³/mol. The molecule has 0 saturated heterocycles. The summed E-state index contributed by atoms with van der Waals surface area (Å²) in [6, 6.07) is 20.2. The Balaban J connectivity index is 1.79. The van der Waals surface area contributed by atoms with E-state index < -0.39 is 0 Å². The van der Waals surface area contributed by atoms with Gasteiger partial charge < -0.3 is 9.47 Å². The fraction of sp³-hybridized carbons (Fsp3) is 0.167. The van der Waals surface area contributed by atoms with Crippen molar-refractivity contribution in [1.29, 1.82) is 0 Å². The molecule has 0 radical (unpaired) electrons. The SMILES string of the molecule is COc1cc(OC)cc(-c2nnc(SCc3ccc(F)cc3)n2-c2ccccc2C)c1. The lowest BCUT2D eigenvalue weighted by molar-refractivity contribution is 0.394. The van der Waals surface area contributed by atoms with E-state index in [0.717, 1.165) is 27.5 Å². The average molecular weight is 436 g/mol. The van der Waals surface area contributed by atoms with Crippen LogP contribution in [-0.2, 0) is 5.75 Å². The first kappa shape index (κ1) is 20.9. The van der Waals surface area contributed by atoms with Crippen LogP contribution in [0.25, 0.3) is 17.1 Å². The molecule has 0 N–H and O–H groups in total. The summed E-state index contributed by atoms with van der Waals surface area (Å²) in [5.74, 6) is 2.44. The van der Waals surface area contributed by atoms with Gasteiger partial charge in [-0.3, -0.25) is 4.57 Å². The number of hydrogen-bond acceptors (Lipinski definition) is 5. The van der Waals surface area contributed by atoms with E-state index in [0.29, 0.717) is 23.1 Å². The van der Waals surface area contributed by atoms with Crippen LogP contribution in [0.5, 0.6) is 11.5 Å². The van der Waals surface area contributed by atoms with E-state index in [2.05, 4.69) is 23.2 Å². The monoisotopic (exact) mass is 435 g/mol. The van der Waals surface area contributed by atoms with Gasteiger partial charge in [-0.05, 0) is 48.4 Å². The molecular formula is C24H22FN3O2S. The molecule has 3 aromatic carbocycles. The highest BCUT2D eigenvalue weighted by Crippen LogP contribution is 2.34. The number of aromatic nitrogens is 3. The van der Waals surface area contributed by atoms with Crippen LogP contribution in [0.15, 0.2) is 71.9 Å². The van der Waals surface area contributed by atoms with E-state index in [1.165, 1.54) is 12.1 Å². The molecule has 1 heterocycles. The van der Waals surface area contributed by atoms with E-state index in [1.807, 2.05) is 41.0 Å². The molecule has 0 aliphatic rings. The Hall–Kier alpha value is -3.32. The smallest absolute Gasteiger partial charge is 0.196 e. The third-order valence-electron chi connectivity index (χ3n) is 4.88. The molecule has 0 saturated carbocycles. The van der Waals surface area contributed by atoms with Crippen molar-refractivity contribution in [3.05, 3.63) is 83.7 Å². The normalized spacial score (nSPS) is 10.8. The van der Waals surface area contributed by atoms with Crippen LogP contribution < -0.4 is 9.47 Å². The van der Waals surface area contributed by atoms with Gasteiger partial charge in [0.25, 0.3) is 0 Å². The third kappa shape index (κ3) is 4.56. The predicted octanol–water partition coefficient (Wildman–Crippen LogP) is 5.69. The van der Waals surface area contributed by atoms with Crippen LogP contribution in [0.1, 0.15) is 11.1 Å². The Morgan fingerprint density at radius 1 is 0.903 bits per heavy atom. The molecule has 158 valence electrons. The van der Waals surface area contributed by atoms with Crippen molar-refractivity contribution in [3.8, 4) is 28.6 Å². The zero-order valence-corrected chi connectivity index (χ0v) is 18.3. The second kappa shape index (κ2) is 9.22. The first-order valence-electron chi connectivity index (χ1n) is 9.71. The quantitative estimate of drug-likeness (QED) is 0.349. The van der Waals surface area contributed by atoms with Crippen molar-refractivity contribution >= 4 is 11.8 Å². The molecule has 0 spiro atoms. The van der Waals surface area contributed by atoms with Gasteiger partial charge >= 0.3 is 0 Å². The van der Waals surface area contributed by atoms with E-state index in [9.17, 15) is 4.39 Å². The summed E-state index contributed by atoms with van der Waals surface area (Å²) in [4.78, 5) is 0. The van der Waals surface area contributed by atoms with Gasteiger partial charge in [0.1, 0.15) is 17.3 Å². The minimum atomic E-state index is -0.244. The molecule has 4 aromatic rings. The van der Waals surface area contributed by atoms with Crippen LogP contribution in [-0.4, -0.2) is 29.0 Å². The van der Waals surface area contributed by atoms with Crippen molar-refractivity contribution in [3.63, 3.8) is 0 Å². The van der Waals surface area contributed by atoms with E-state index in [-0.39, 0.29) is 5.82 Å². The maximum atomic E-state index is 13.2. The van der Waals surface area contributed by atoms with Crippen molar-refractivity contribution < 1.29 is 13.9 Å². The molecule has 0 fully saturated rings. The summed E-state index contributed by atoms with van der Waals surface area (Å²) >= 11 is 1.55. The minimum Gasteiger partial charge on any atom is -0.497 e. The standard InChI is InChI=1S/C24H22FN3O2S/c1-16-6-4-5-7-22(16)28-23(18-12-20(29-2)14-21(13-18)30-3)26-27-24(28)31-15-17-8-10-19(25)11-9-17/h4-14H,15H2,1-3H3. The number of benzene rings is 3. The Bertz CT molecular complexity index is 1170. The molecule has 31 heavy (non-hydrogen) atoms. The van der Waals surface area contributed by atoms with Gasteiger partial charge in [0.15, 0.2) is 11.0 Å². The van der Waals surface area contributed by atoms with Gasteiger partial charge in [-0.1, -0.05) is 42.1 Å². The van der Waals surface area contributed by atoms with Crippen LogP contribution in [0.3, 0.4) is 0 Å². The van der Waals surface area contributed by atoms with E-state index >= 15 is 0 Å². The Labute approximate surface area is 184 Å². The van der Waals surface area contributed by atoms with Crippen molar-refractivity contribution in [1.82, 2.24) is 14.8 Å². The molecule has 0 amide bonds. The molecular weight excluding hydrogens is 413 g/mol. The largest absolute Gasteiger partial charge is 0.497 e. The number of hydrogen-bond donors (Lipinski definition) is 0. The summed E-state index contributed by atoms with van der Waals surface area (Å²) in [5.41, 5.74) is 3.93. The van der Waals surface area contributed by atoms with Gasteiger partial charge in [-0.2, -0.15) is 0 Å². The number of aryl methyl sites for hydroxylation is 1. The second-order valence-electron chi connectivity index (χ2n) is 6.94. The highest BCUT2D eigenvalue weighted by atomic mass is 32.2. The van der Waals surface area contributed by atoms with Gasteiger partial charge in [0.05, 0.1) is 19.9 Å². The molecule has 4 rings (SSSR count). The number of halogens is 1. The highest BCUT2D eigenvalue weighted by molar-refractivity contribution is 7.98. The van der Waals surface area contributed by atoms with Crippen molar-refractivity contribution in [2.45, 2.75) is 17.8 Å². The molecule has 0 aliphatic carbocycles. The second-order valence-corrected chi connectivity index (χ2v) is 7.89. The molecule has 0 bridgehead atoms. The maximum absolute atomic E-state index is 13.2. The van der Waals surface area contributed by atoms with Gasteiger partial charge in [0, 0.05) is 17.4 Å². The molecule has 1 aromatic heterocycles. The fourth-order valence-corrected chi connectivity index (χ4v) is 4.15. The number of methoxy groups -OCH3 is 2. The Morgan fingerprint density at radius 2 is 1.58 bits per heavy atom. The first-order chi connectivity index (χ1) is 15.1. The van der Waals surface area contributed by atoms with E-state index in [4.69, 9.17) is 9.47 Å². The zero-order valence-electron chi connectivity index (χ0n) is 17.5. The van der Waals surface area contributed by atoms with Crippen molar-refractivity contribution in [2.75, 3.05) is 14.2 Å². The molecule has 7 heteroatoms. The lowest BCUT2D eigenvalue weighted by atomic mass is 10.1. The Morgan fingerprint density at radius 3 is 2.23 bits per heavy atom. The summed E-state index contributed by atoms with van der Waals surface area (Å²) in [6.45, 7) is 2.06. The first-order valence-corrected chi connectivity index (χ1v) is 10.7. The average Bonchev–Trinajstić information content (AvgIpc) is 3.22. The van der Waals surface area contributed by atoms with Gasteiger partial charge in [0.2, 0.25) is 0 Å². The van der Waals surface area contributed by atoms with E-state index in [1.54, 1.807) is 38.1 Å². The number of ether oxygens (including phenoxy) is 2. The van der Waals surface area contributed by atoms with Gasteiger partial charge in [-0.25, -0.2) is 4.39 Å². The summed E-state index contributed by atoms with van der Waals surface area (Å²) in [7, 11) is 3.24. The number of thioether (sulfide) groups is 1. The zero-order chi connectivity index (χ0) is 21.8. The van der Waals surface area contributed by atoms with Crippen molar-refractivity contribution in [2.24, 2.45) is 0 Å². The Kier molecular flexibility index (Phi) is 6.23. The summed E-state index contributed by atoms with van der Waals surface area (Å²) in [6.07, 6.45) is 0. The minimum absolute atomic E-state index is 0.244. The summed E-state index contributed by atoms with van der Waals surface area (Å²) in [5, 5.41) is 9.72. The van der Waals surface area contributed by atoms with Crippen LogP contribution >= 0.6 is 11.8 Å². The molecule has 0 unspecified atom stereocenters. The number of para-hydroxylation sites is 1. The van der Waals surface area contributed by atoms with Crippen LogP contribution in [0, 0.1) is 12.7 Å². The maximum Gasteiger partial charge on any atom is 0.196 e. The highest BCUT2D eigenvalue weighted by Gasteiger charge is 2.19. The lowest BCUT2D eigenvalue weighted by Crippen LogP contribution is -2.02. The summed E-state index contributed by atoms with van der Waals surface area (Å²) < 4.78 is 26.2. The topological polar surface area (TPSA) is 49.2 Å². The lowest BCUT2D eigenvalue weighted by Gasteiger charge is -2.14. The van der Waals surface area contributed by atoms with Crippen LogP contribution in [0.4, 0.5) is 4.39 Å². The van der Waals surface area contributed by atoms with Gasteiger partial charge in [-0.15, -0.1) is 10.2 Å². The number of nitrogens with zero attached hydrogens (tertiary/aromatic N) is 3.